The molecule has 6 nitrogen and oxygen atoms in total. The maximum absolute atomic E-state index is 11.9. The Morgan fingerprint density at radius 3 is 2.36 bits per heavy atom. The van der Waals surface area contributed by atoms with Crippen LogP contribution in [0.25, 0.3) is 0 Å². The lowest BCUT2D eigenvalue weighted by Gasteiger charge is -2.08. The molecule has 124 valence electrons. The van der Waals surface area contributed by atoms with Gasteiger partial charge in [-0.2, -0.15) is 0 Å². The minimum atomic E-state index is -0.128. The number of guanidine groups is 1. The summed E-state index contributed by atoms with van der Waals surface area (Å²) in [6.45, 7) is 5.85. The lowest BCUT2D eigenvalue weighted by Crippen LogP contribution is -2.38. The highest BCUT2D eigenvalue weighted by atomic mass is 127. The normalized spacial score (nSPS) is 10.8. The molecule has 4 N–H and O–H groups in total. The van der Waals surface area contributed by atoms with Crippen LogP contribution < -0.4 is 21.1 Å². The average Bonchev–Trinajstić information content (AvgIpc) is 2.49. The van der Waals surface area contributed by atoms with Gasteiger partial charge < -0.3 is 21.1 Å². The van der Waals surface area contributed by atoms with E-state index in [0.29, 0.717) is 37.1 Å². The van der Waals surface area contributed by atoms with Crippen molar-refractivity contribution >= 4 is 35.8 Å². The van der Waals surface area contributed by atoms with Gasteiger partial charge in [0.25, 0.3) is 5.91 Å². The Labute approximate surface area is 148 Å². The Morgan fingerprint density at radius 2 is 1.82 bits per heavy atom. The molecule has 1 aromatic carbocycles. The smallest absolute Gasteiger partial charge is 0.251 e. The van der Waals surface area contributed by atoms with Crippen LogP contribution in [-0.2, 0) is 0 Å². The second-order valence-corrected chi connectivity index (χ2v) is 5.03. The molecule has 0 aromatic heterocycles. The lowest BCUT2D eigenvalue weighted by molar-refractivity contribution is 0.0954. The van der Waals surface area contributed by atoms with Crippen LogP contribution in [0.2, 0.25) is 0 Å². The highest BCUT2D eigenvalue weighted by molar-refractivity contribution is 14.0. The Morgan fingerprint density at radius 1 is 1.23 bits per heavy atom. The summed E-state index contributed by atoms with van der Waals surface area (Å²) in [6, 6.07) is 6.95. The molecule has 0 radical (unpaired) electrons. The minimum Gasteiger partial charge on any atom is -0.497 e. The van der Waals surface area contributed by atoms with Crippen molar-refractivity contribution in [2.45, 2.75) is 13.8 Å². The van der Waals surface area contributed by atoms with Gasteiger partial charge in [-0.1, -0.05) is 13.8 Å². The Balaban J connectivity index is 0.00000441. The van der Waals surface area contributed by atoms with E-state index in [-0.39, 0.29) is 29.9 Å². The quantitative estimate of drug-likeness (QED) is 0.271. The van der Waals surface area contributed by atoms with E-state index in [4.69, 9.17) is 10.5 Å². The first-order valence-corrected chi connectivity index (χ1v) is 6.99. The van der Waals surface area contributed by atoms with Crippen molar-refractivity contribution in [1.29, 1.82) is 0 Å². The highest BCUT2D eigenvalue weighted by Gasteiger charge is 2.04. The molecule has 0 fully saturated rings. The summed E-state index contributed by atoms with van der Waals surface area (Å²) in [5.41, 5.74) is 6.29. The molecule has 0 heterocycles. The van der Waals surface area contributed by atoms with Gasteiger partial charge in [0.15, 0.2) is 5.96 Å². The molecule has 0 saturated heterocycles. The molecular formula is C15H25IN4O2. The first-order chi connectivity index (χ1) is 10.0. The number of halogens is 1. The van der Waals surface area contributed by atoms with Gasteiger partial charge in [-0.05, 0) is 30.2 Å². The maximum atomic E-state index is 11.9. The zero-order valence-electron chi connectivity index (χ0n) is 13.3. The van der Waals surface area contributed by atoms with Gasteiger partial charge in [-0.25, -0.2) is 0 Å². The van der Waals surface area contributed by atoms with E-state index < -0.39 is 0 Å². The second kappa shape index (κ2) is 11.1. The molecular weight excluding hydrogens is 395 g/mol. The van der Waals surface area contributed by atoms with Crippen molar-refractivity contribution in [3.63, 3.8) is 0 Å². The number of hydrogen-bond donors (Lipinski definition) is 3. The third-order valence-corrected chi connectivity index (χ3v) is 2.70. The average molecular weight is 420 g/mol. The fourth-order valence-electron chi connectivity index (χ4n) is 1.55. The molecule has 0 aliphatic rings. The van der Waals surface area contributed by atoms with Crippen LogP contribution in [0.15, 0.2) is 29.3 Å². The van der Waals surface area contributed by atoms with Crippen molar-refractivity contribution in [3.05, 3.63) is 29.8 Å². The molecule has 1 rings (SSSR count). The van der Waals surface area contributed by atoms with Gasteiger partial charge in [0, 0.05) is 25.2 Å². The van der Waals surface area contributed by atoms with E-state index in [9.17, 15) is 4.79 Å². The van der Waals surface area contributed by atoms with Gasteiger partial charge >= 0.3 is 0 Å². The van der Waals surface area contributed by atoms with E-state index >= 15 is 0 Å². The SMILES string of the molecule is COc1ccc(C(=O)NCCNC(N)=NCC(C)C)cc1.I. The van der Waals surface area contributed by atoms with Gasteiger partial charge in [0.2, 0.25) is 0 Å². The third-order valence-electron chi connectivity index (χ3n) is 2.70. The molecule has 0 saturated carbocycles. The van der Waals surface area contributed by atoms with E-state index in [1.54, 1.807) is 31.4 Å². The van der Waals surface area contributed by atoms with Crippen LogP contribution in [0.4, 0.5) is 0 Å². The van der Waals surface area contributed by atoms with E-state index in [2.05, 4.69) is 29.5 Å². The monoisotopic (exact) mass is 420 g/mol. The summed E-state index contributed by atoms with van der Waals surface area (Å²) in [7, 11) is 1.59. The molecule has 0 unspecified atom stereocenters. The van der Waals surface area contributed by atoms with E-state index in [1.165, 1.54) is 0 Å². The number of nitrogens with one attached hydrogen (secondary N) is 2. The van der Waals surface area contributed by atoms with Crippen LogP contribution in [0.3, 0.4) is 0 Å². The number of nitrogens with two attached hydrogens (primary N) is 1. The number of rotatable bonds is 7. The molecule has 1 amide bonds. The molecule has 22 heavy (non-hydrogen) atoms. The zero-order chi connectivity index (χ0) is 15.7. The number of carbonyl (C=O) groups excluding carboxylic acids is 1. The summed E-state index contributed by atoms with van der Waals surface area (Å²) >= 11 is 0. The van der Waals surface area contributed by atoms with Crippen molar-refractivity contribution in [3.8, 4) is 5.75 Å². The molecule has 7 heteroatoms. The van der Waals surface area contributed by atoms with E-state index in [0.717, 1.165) is 5.75 Å². The molecule has 0 aliphatic heterocycles. The molecule has 0 spiro atoms. The lowest BCUT2D eigenvalue weighted by atomic mass is 10.2. The summed E-state index contributed by atoms with van der Waals surface area (Å²) in [4.78, 5) is 16.0. The number of aliphatic imine (C=N–C) groups is 1. The number of carbonyl (C=O) groups is 1. The minimum absolute atomic E-state index is 0. The Kier molecular flexibility index (Phi) is 10.3. The van der Waals surface area contributed by atoms with Gasteiger partial charge in [-0.3, -0.25) is 9.79 Å². The first kappa shape index (κ1) is 20.5. The van der Waals surface area contributed by atoms with Crippen LogP contribution in [0.5, 0.6) is 5.75 Å². The number of amides is 1. The van der Waals surface area contributed by atoms with Crippen LogP contribution >= 0.6 is 24.0 Å². The number of ether oxygens (including phenoxy) is 1. The second-order valence-electron chi connectivity index (χ2n) is 5.03. The van der Waals surface area contributed by atoms with Crippen molar-refractivity contribution < 1.29 is 9.53 Å². The van der Waals surface area contributed by atoms with E-state index in [1.807, 2.05) is 0 Å². The zero-order valence-corrected chi connectivity index (χ0v) is 15.6. The van der Waals surface area contributed by atoms with Crippen LogP contribution in [-0.4, -0.2) is 38.6 Å². The molecule has 0 bridgehead atoms. The topological polar surface area (TPSA) is 88.7 Å². The summed E-state index contributed by atoms with van der Waals surface area (Å²) in [5, 5.41) is 5.76. The predicted molar refractivity (Wildman–Crippen MR) is 100 cm³/mol. The summed E-state index contributed by atoms with van der Waals surface area (Å²) in [6.07, 6.45) is 0. The predicted octanol–water partition coefficient (Wildman–Crippen LogP) is 1.60. The molecule has 0 atom stereocenters. The summed E-state index contributed by atoms with van der Waals surface area (Å²) in [5.74, 6) is 1.47. The Hall–Kier alpha value is -1.51. The number of hydrogen-bond acceptors (Lipinski definition) is 3. The maximum Gasteiger partial charge on any atom is 0.251 e. The fourth-order valence-corrected chi connectivity index (χ4v) is 1.55. The fraction of sp³-hybridized carbons (Fsp3) is 0.467. The Bertz CT molecular complexity index is 475. The van der Waals surface area contributed by atoms with Crippen molar-refractivity contribution in [1.82, 2.24) is 10.6 Å². The van der Waals surface area contributed by atoms with Gasteiger partial charge in [0.1, 0.15) is 5.75 Å². The van der Waals surface area contributed by atoms with Crippen molar-refractivity contribution in [2.75, 3.05) is 26.7 Å². The number of benzene rings is 1. The van der Waals surface area contributed by atoms with Crippen molar-refractivity contribution in [2.24, 2.45) is 16.6 Å². The molecule has 0 aliphatic carbocycles. The standard InChI is InChI=1S/C15H24N4O2.HI/c1-11(2)10-19-15(16)18-9-8-17-14(20)12-4-6-13(21-3)7-5-12;/h4-7,11H,8-10H2,1-3H3,(H,17,20)(H3,16,18,19);1H. The van der Waals surface area contributed by atoms with Crippen LogP contribution in [0.1, 0.15) is 24.2 Å². The highest BCUT2D eigenvalue weighted by Crippen LogP contribution is 2.10. The number of nitrogens with zero attached hydrogens (tertiary/aromatic N) is 1. The largest absolute Gasteiger partial charge is 0.497 e. The van der Waals surface area contributed by atoms with Crippen LogP contribution in [0, 0.1) is 5.92 Å². The van der Waals surface area contributed by atoms with Gasteiger partial charge in [-0.15, -0.1) is 24.0 Å². The number of methoxy groups -OCH3 is 1. The summed E-state index contributed by atoms with van der Waals surface area (Å²) < 4.78 is 5.04. The third kappa shape index (κ3) is 8.06. The van der Waals surface area contributed by atoms with Gasteiger partial charge in [0.05, 0.1) is 7.11 Å². The first-order valence-electron chi connectivity index (χ1n) is 6.99. The molecule has 1 aromatic rings.